The molecule has 1 amide bonds. The fourth-order valence-electron chi connectivity index (χ4n) is 2.61. The number of hydrogen-bond acceptors (Lipinski definition) is 4. The minimum atomic E-state index is 0.0167. The summed E-state index contributed by atoms with van der Waals surface area (Å²) in [4.78, 5) is 20.2. The number of aromatic nitrogens is 1. The molecule has 1 aliphatic rings. The number of hydrogen-bond donors (Lipinski definition) is 1. The van der Waals surface area contributed by atoms with Crippen LogP contribution in [0.4, 0.5) is 5.13 Å². The van der Waals surface area contributed by atoms with Crippen molar-refractivity contribution in [3.63, 3.8) is 0 Å². The topological polar surface area (TPSA) is 45.2 Å². The molecule has 4 nitrogen and oxygen atoms in total. The van der Waals surface area contributed by atoms with Crippen LogP contribution in [0.15, 0.2) is 30.3 Å². The maximum Gasteiger partial charge on any atom is 0.240 e. The van der Waals surface area contributed by atoms with Crippen LogP contribution in [-0.4, -0.2) is 35.4 Å². The minimum absolute atomic E-state index is 0.0167. The number of anilines is 1. The number of thiazole rings is 1. The first-order valence-corrected chi connectivity index (χ1v) is 8.92. The second-order valence-corrected chi connectivity index (χ2v) is 7.48. The van der Waals surface area contributed by atoms with Gasteiger partial charge in [-0.2, -0.15) is 0 Å². The molecule has 1 saturated carbocycles. The Balaban J connectivity index is 1.76. The van der Waals surface area contributed by atoms with E-state index in [2.05, 4.69) is 41.2 Å². The highest BCUT2D eigenvalue weighted by Crippen LogP contribution is 2.36. The Morgan fingerprint density at radius 2 is 2.04 bits per heavy atom. The van der Waals surface area contributed by atoms with E-state index < -0.39 is 0 Å². The number of rotatable bonds is 6. The van der Waals surface area contributed by atoms with Gasteiger partial charge in [0.25, 0.3) is 0 Å². The van der Waals surface area contributed by atoms with Gasteiger partial charge < -0.3 is 5.32 Å². The quantitative estimate of drug-likeness (QED) is 0.872. The average Bonchev–Trinajstić information content (AvgIpc) is 3.29. The van der Waals surface area contributed by atoms with Crippen LogP contribution in [-0.2, 0) is 4.79 Å². The molecule has 1 aromatic carbocycles. The molecular weight excluding hydrogens is 306 g/mol. The summed E-state index contributed by atoms with van der Waals surface area (Å²) in [7, 11) is 2.01. The second-order valence-electron chi connectivity index (χ2n) is 6.45. The normalized spacial score (nSPS) is 14.5. The molecule has 23 heavy (non-hydrogen) atoms. The van der Waals surface area contributed by atoms with Gasteiger partial charge in [0, 0.05) is 16.5 Å². The second kappa shape index (κ2) is 6.81. The van der Waals surface area contributed by atoms with E-state index in [0.717, 1.165) is 11.3 Å². The average molecular weight is 329 g/mol. The van der Waals surface area contributed by atoms with Crippen molar-refractivity contribution in [3.8, 4) is 11.3 Å². The van der Waals surface area contributed by atoms with Gasteiger partial charge in [0.15, 0.2) is 5.13 Å². The van der Waals surface area contributed by atoms with Gasteiger partial charge in [-0.15, -0.1) is 11.3 Å². The van der Waals surface area contributed by atoms with E-state index in [-0.39, 0.29) is 5.91 Å². The van der Waals surface area contributed by atoms with Crippen LogP contribution in [0.1, 0.15) is 37.5 Å². The number of benzene rings is 1. The van der Waals surface area contributed by atoms with Gasteiger partial charge in [-0.25, -0.2) is 4.98 Å². The van der Waals surface area contributed by atoms with E-state index in [0.29, 0.717) is 23.6 Å². The lowest BCUT2D eigenvalue weighted by Crippen LogP contribution is -2.31. The highest BCUT2D eigenvalue weighted by atomic mass is 32.1. The molecule has 0 saturated heterocycles. The predicted molar refractivity (Wildman–Crippen MR) is 95.9 cm³/mol. The molecule has 1 heterocycles. The van der Waals surface area contributed by atoms with E-state index >= 15 is 0 Å². The molecule has 0 atom stereocenters. The molecule has 5 heteroatoms. The summed E-state index contributed by atoms with van der Waals surface area (Å²) in [6, 6.07) is 10.7. The van der Waals surface area contributed by atoms with Gasteiger partial charge in [0.05, 0.1) is 12.2 Å². The Bertz CT molecular complexity index is 677. The third kappa shape index (κ3) is 3.98. The van der Waals surface area contributed by atoms with Gasteiger partial charge in [0.1, 0.15) is 0 Å². The molecule has 1 aromatic heterocycles. The number of nitrogens with one attached hydrogen (secondary N) is 1. The Kier molecular flexibility index (Phi) is 4.78. The number of carbonyl (C=O) groups excluding carboxylic acids is 1. The Hall–Kier alpha value is -1.72. The molecular formula is C18H23N3OS. The third-order valence-corrected chi connectivity index (χ3v) is 5.31. The Morgan fingerprint density at radius 1 is 1.35 bits per heavy atom. The summed E-state index contributed by atoms with van der Waals surface area (Å²) in [5.41, 5.74) is 2.08. The van der Waals surface area contributed by atoms with E-state index in [1.807, 2.05) is 25.2 Å². The van der Waals surface area contributed by atoms with Crippen molar-refractivity contribution in [2.45, 2.75) is 38.6 Å². The van der Waals surface area contributed by atoms with Gasteiger partial charge in [-0.1, -0.05) is 44.2 Å². The van der Waals surface area contributed by atoms with Crippen molar-refractivity contribution < 1.29 is 4.79 Å². The van der Waals surface area contributed by atoms with Crippen molar-refractivity contribution in [1.82, 2.24) is 9.88 Å². The van der Waals surface area contributed by atoms with Gasteiger partial charge in [-0.3, -0.25) is 9.69 Å². The maximum atomic E-state index is 12.2. The van der Waals surface area contributed by atoms with E-state index in [1.165, 1.54) is 17.7 Å². The Labute approximate surface area is 141 Å². The highest BCUT2D eigenvalue weighted by Gasteiger charge is 2.27. The molecule has 0 aliphatic heterocycles. The summed E-state index contributed by atoms with van der Waals surface area (Å²) in [5.74, 6) is 0.394. The van der Waals surface area contributed by atoms with Crippen LogP contribution in [0.25, 0.3) is 11.3 Å². The summed E-state index contributed by atoms with van der Waals surface area (Å²) >= 11 is 1.58. The lowest BCUT2D eigenvalue weighted by molar-refractivity contribution is -0.117. The number of amides is 1. The van der Waals surface area contributed by atoms with Gasteiger partial charge in [-0.05, 0) is 25.8 Å². The van der Waals surface area contributed by atoms with Crippen LogP contribution in [0, 0.1) is 0 Å². The number of likely N-dealkylation sites (N-methyl/N-ethyl adjacent to an activating group) is 1. The van der Waals surface area contributed by atoms with Crippen molar-refractivity contribution >= 4 is 22.4 Å². The predicted octanol–water partition coefficient (Wildman–Crippen LogP) is 3.97. The SMILES string of the molecule is CC(C)c1sc(NC(=O)CN(C)C2CC2)nc1-c1ccccc1. The van der Waals surface area contributed by atoms with E-state index in [9.17, 15) is 4.79 Å². The number of nitrogens with zero attached hydrogens (tertiary/aromatic N) is 2. The van der Waals surface area contributed by atoms with Crippen LogP contribution >= 0.6 is 11.3 Å². The molecule has 1 N–H and O–H groups in total. The fourth-order valence-corrected chi connectivity index (χ4v) is 3.62. The molecule has 1 aliphatic carbocycles. The first kappa shape index (κ1) is 16.1. The van der Waals surface area contributed by atoms with E-state index in [4.69, 9.17) is 0 Å². The van der Waals surface area contributed by atoms with Crippen molar-refractivity contribution in [2.75, 3.05) is 18.9 Å². The van der Waals surface area contributed by atoms with Crippen LogP contribution in [0.3, 0.4) is 0 Å². The summed E-state index contributed by atoms with van der Waals surface area (Å²) in [5, 5.41) is 3.66. The molecule has 1 fully saturated rings. The van der Waals surface area contributed by atoms with Crippen LogP contribution in [0.5, 0.6) is 0 Å². The molecule has 2 aromatic rings. The first-order chi connectivity index (χ1) is 11.0. The zero-order valence-electron chi connectivity index (χ0n) is 13.9. The standard InChI is InChI=1S/C18H23N3OS/c1-12(2)17-16(13-7-5-4-6-8-13)20-18(23-17)19-15(22)11-21(3)14-9-10-14/h4-8,12,14H,9-11H2,1-3H3,(H,19,20,22). The smallest absolute Gasteiger partial charge is 0.240 e. The summed E-state index contributed by atoms with van der Waals surface area (Å²) < 4.78 is 0. The highest BCUT2D eigenvalue weighted by molar-refractivity contribution is 7.16. The molecule has 0 bridgehead atoms. The first-order valence-electron chi connectivity index (χ1n) is 8.11. The molecule has 0 unspecified atom stereocenters. The minimum Gasteiger partial charge on any atom is -0.301 e. The molecule has 0 spiro atoms. The van der Waals surface area contributed by atoms with Crippen molar-refractivity contribution in [2.24, 2.45) is 0 Å². The maximum absolute atomic E-state index is 12.2. The zero-order valence-corrected chi connectivity index (χ0v) is 14.7. The monoisotopic (exact) mass is 329 g/mol. The third-order valence-electron chi connectivity index (χ3n) is 4.03. The van der Waals surface area contributed by atoms with Gasteiger partial charge in [0.2, 0.25) is 5.91 Å². The van der Waals surface area contributed by atoms with Crippen molar-refractivity contribution in [1.29, 1.82) is 0 Å². The zero-order chi connectivity index (χ0) is 16.4. The number of carbonyl (C=O) groups is 1. The summed E-state index contributed by atoms with van der Waals surface area (Å²) in [6.07, 6.45) is 2.41. The fraction of sp³-hybridized carbons (Fsp3) is 0.444. The molecule has 0 radical (unpaired) electrons. The molecule has 122 valence electrons. The Morgan fingerprint density at radius 3 is 2.65 bits per heavy atom. The lowest BCUT2D eigenvalue weighted by Gasteiger charge is -2.13. The van der Waals surface area contributed by atoms with Crippen LogP contribution in [0.2, 0.25) is 0 Å². The van der Waals surface area contributed by atoms with Crippen molar-refractivity contribution in [3.05, 3.63) is 35.2 Å². The lowest BCUT2D eigenvalue weighted by atomic mass is 10.1. The molecule has 3 rings (SSSR count). The van der Waals surface area contributed by atoms with Crippen LogP contribution < -0.4 is 5.32 Å². The summed E-state index contributed by atoms with van der Waals surface area (Å²) in [6.45, 7) is 4.75. The largest absolute Gasteiger partial charge is 0.301 e. The van der Waals surface area contributed by atoms with Gasteiger partial charge >= 0.3 is 0 Å². The van der Waals surface area contributed by atoms with E-state index in [1.54, 1.807) is 11.3 Å².